The zero-order chi connectivity index (χ0) is 16.8. The molecule has 1 N–H and O–H groups in total. The summed E-state index contributed by atoms with van der Waals surface area (Å²) in [5.74, 6) is 0.821. The van der Waals surface area contributed by atoms with E-state index >= 15 is 0 Å². The number of hydrogen-bond donors (Lipinski definition) is 1. The number of hydrogen-bond acceptors (Lipinski definition) is 3. The molecule has 0 aromatic heterocycles. The van der Waals surface area contributed by atoms with E-state index in [0.717, 1.165) is 17.7 Å². The van der Waals surface area contributed by atoms with Crippen molar-refractivity contribution in [3.8, 4) is 5.75 Å². The first kappa shape index (κ1) is 17.2. The summed E-state index contributed by atoms with van der Waals surface area (Å²) >= 11 is 6.25. The third kappa shape index (κ3) is 4.39. The average molecular weight is 334 g/mol. The van der Waals surface area contributed by atoms with Gasteiger partial charge in [0.25, 0.3) is 0 Å². The highest BCUT2D eigenvalue weighted by Crippen LogP contribution is 2.28. The fraction of sp³-hybridized carbons (Fsp3) is 0.278. The molecule has 0 radical (unpaired) electrons. The average Bonchev–Trinajstić information content (AvgIpc) is 2.55. The Morgan fingerprint density at radius 1 is 1.26 bits per heavy atom. The number of ether oxygens (including phenoxy) is 2. The number of methoxy groups -OCH3 is 1. The van der Waals surface area contributed by atoms with E-state index in [1.54, 1.807) is 18.2 Å². The number of aryl methyl sites for hydroxylation is 2. The molecule has 0 heterocycles. The van der Waals surface area contributed by atoms with Gasteiger partial charge in [0.05, 0.1) is 12.8 Å². The van der Waals surface area contributed by atoms with Gasteiger partial charge in [-0.25, -0.2) is 4.79 Å². The van der Waals surface area contributed by atoms with Crippen LogP contribution < -0.4 is 10.1 Å². The van der Waals surface area contributed by atoms with E-state index in [1.165, 1.54) is 12.7 Å². The van der Waals surface area contributed by atoms with Crippen LogP contribution in [0, 0.1) is 6.92 Å². The summed E-state index contributed by atoms with van der Waals surface area (Å²) in [4.78, 5) is 11.4. The predicted octanol–water partition coefficient (Wildman–Crippen LogP) is 4.97. The molecule has 122 valence electrons. The number of rotatable bonds is 5. The summed E-state index contributed by atoms with van der Waals surface area (Å²) in [6.45, 7) is 4.39. The Morgan fingerprint density at radius 3 is 2.74 bits per heavy atom. The number of carbonyl (C=O) groups excluding carboxylic acids is 1. The SMILES string of the molecule is CCc1cc(C)ccc1OCc1c(Cl)cccc1NC(=O)OC. The second-order valence-corrected chi connectivity index (χ2v) is 5.54. The van der Waals surface area contributed by atoms with Crippen molar-refractivity contribution in [2.75, 3.05) is 12.4 Å². The Kier molecular flexibility index (Phi) is 5.88. The first-order valence-electron chi connectivity index (χ1n) is 7.39. The van der Waals surface area contributed by atoms with Gasteiger partial charge in [-0.2, -0.15) is 0 Å². The van der Waals surface area contributed by atoms with Gasteiger partial charge in [-0.05, 0) is 37.1 Å². The van der Waals surface area contributed by atoms with Crippen molar-refractivity contribution < 1.29 is 14.3 Å². The molecule has 0 saturated carbocycles. The molecule has 5 heteroatoms. The van der Waals surface area contributed by atoms with Gasteiger partial charge < -0.3 is 9.47 Å². The molecule has 0 saturated heterocycles. The highest BCUT2D eigenvalue weighted by molar-refractivity contribution is 6.31. The van der Waals surface area contributed by atoms with Crippen LogP contribution in [-0.2, 0) is 17.8 Å². The maximum atomic E-state index is 11.4. The molecule has 0 bridgehead atoms. The summed E-state index contributed by atoms with van der Waals surface area (Å²) in [5, 5.41) is 3.18. The van der Waals surface area contributed by atoms with Crippen LogP contribution in [0.15, 0.2) is 36.4 Å². The molecule has 2 rings (SSSR count). The van der Waals surface area contributed by atoms with E-state index in [0.29, 0.717) is 16.3 Å². The lowest BCUT2D eigenvalue weighted by atomic mass is 10.1. The summed E-state index contributed by atoms with van der Waals surface area (Å²) in [6.07, 6.45) is 0.338. The van der Waals surface area contributed by atoms with Crippen LogP contribution in [0.25, 0.3) is 0 Å². The largest absolute Gasteiger partial charge is 0.488 e. The van der Waals surface area contributed by atoms with E-state index in [-0.39, 0.29) is 6.61 Å². The topological polar surface area (TPSA) is 47.6 Å². The molecule has 0 aliphatic carbocycles. The minimum atomic E-state index is -0.543. The highest BCUT2D eigenvalue weighted by Gasteiger charge is 2.12. The Balaban J connectivity index is 2.22. The number of halogens is 1. The van der Waals surface area contributed by atoms with Crippen LogP contribution in [0.1, 0.15) is 23.6 Å². The van der Waals surface area contributed by atoms with E-state index in [4.69, 9.17) is 16.3 Å². The zero-order valence-electron chi connectivity index (χ0n) is 13.5. The monoisotopic (exact) mass is 333 g/mol. The standard InChI is InChI=1S/C18H20ClNO3/c1-4-13-10-12(2)8-9-17(13)23-11-14-15(19)6-5-7-16(14)20-18(21)22-3/h5-10H,4,11H2,1-3H3,(H,20,21). The van der Waals surface area contributed by atoms with Crippen molar-refractivity contribution in [1.82, 2.24) is 0 Å². The predicted molar refractivity (Wildman–Crippen MR) is 92.4 cm³/mol. The fourth-order valence-corrected chi connectivity index (χ4v) is 2.49. The van der Waals surface area contributed by atoms with Gasteiger partial charge in [0.15, 0.2) is 0 Å². The molecule has 4 nitrogen and oxygen atoms in total. The normalized spacial score (nSPS) is 10.3. The second-order valence-electron chi connectivity index (χ2n) is 5.14. The molecule has 2 aromatic rings. The van der Waals surface area contributed by atoms with E-state index in [1.807, 2.05) is 12.1 Å². The van der Waals surface area contributed by atoms with Gasteiger partial charge in [-0.15, -0.1) is 0 Å². The minimum Gasteiger partial charge on any atom is -0.488 e. The van der Waals surface area contributed by atoms with Gasteiger partial charge in [0.1, 0.15) is 12.4 Å². The van der Waals surface area contributed by atoms with Crippen molar-refractivity contribution in [3.63, 3.8) is 0 Å². The first-order chi connectivity index (χ1) is 11.0. The maximum absolute atomic E-state index is 11.4. The molecule has 0 unspecified atom stereocenters. The quantitative estimate of drug-likeness (QED) is 0.840. The first-order valence-corrected chi connectivity index (χ1v) is 7.77. The second kappa shape index (κ2) is 7.88. The lowest BCUT2D eigenvalue weighted by molar-refractivity contribution is 0.187. The molecular formula is C18H20ClNO3. The van der Waals surface area contributed by atoms with Gasteiger partial charge in [0, 0.05) is 10.6 Å². The van der Waals surface area contributed by atoms with Crippen molar-refractivity contribution in [1.29, 1.82) is 0 Å². The van der Waals surface area contributed by atoms with Gasteiger partial charge in [0.2, 0.25) is 0 Å². The van der Waals surface area contributed by atoms with Gasteiger partial charge in [-0.1, -0.05) is 42.3 Å². The number of benzene rings is 2. The Labute approximate surface area is 141 Å². The van der Waals surface area contributed by atoms with Crippen molar-refractivity contribution in [2.45, 2.75) is 26.9 Å². The number of anilines is 1. The van der Waals surface area contributed by atoms with Crippen LogP contribution in [0.4, 0.5) is 10.5 Å². The Bertz CT molecular complexity index is 701. The van der Waals surface area contributed by atoms with Gasteiger partial charge >= 0.3 is 6.09 Å². The summed E-state index contributed by atoms with van der Waals surface area (Å²) in [7, 11) is 1.32. The van der Waals surface area contributed by atoms with Crippen LogP contribution in [0.2, 0.25) is 5.02 Å². The molecular weight excluding hydrogens is 314 g/mol. The third-order valence-corrected chi connectivity index (χ3v) is 3.86. The Hall–Kier alpha value is -2.20. The van der Waals surface area contributed by atoms with E-state index in [9.17, 15) is 4.79 Å². The van der Waals surface area contributed by atoms with Crippen LogP contribution in [0.5, 0.6) is 5.75 Å². The molecule has 0 fully saturated rings. The van der Waals surface area contributed by atoms with Crippen LogP contribution in [-0.4, -0.2) is 13.2 Å². The molecule has 0 aliphatic rings. The van der Waals surface area contributed by atoms with Crippen molar-refractivity contribution in [3.05, 3.63) is 58.1 Å². The maximum Gasteiger partial charge on any atom is 0.411 e. The fourth-order valence-electron chi connectivity index (χ4n) is 2.26. The van der Waals surface area contributed by atoms with Crippen LogP contribution >= 0.6 is 11.6 Å². The van der Waals surface area contributed by atoms with Crippen LogP contribution in [0.3, 0.4) is 0 Å². The summed E-state index contributed by atoms with van der Waals surface area (Å²) < 4.78 is 10.6. The number of amides is 1. The van der Waals surface area contributed by atoms with Crippen molar-refractivity contribution in [2.24, 2.45) is 0 Å². The molecule has 23 heavy (non-hydrogen) atoms. The molecule has 0 aliphatic heterocycles. The van der Waals surface area contributed by atoms with Crippen molar-refractivity contribution >= 4 is 23.4 Å². The molecule has 0 spiro atoms. The lowest BCUT2D eigenvalue weighted by Gasteiger charge is -2.15. The third-order valence-electron chi connectivity index (χ3n) is 3.51. The number of nitrogens with one attached hydrogen (secondary N) is 1. The molecule has 2 aromatic carbocycles. The summed E-state index contributed by atoms with van der Waals surface area (Å²) in [5.41, 5.74) is 3.62. The highest BCUT2D eigenvalue weighted by atomic mass is 35.5. The number of carbonyl (C=O) groups is 1. The Morgan fingerprint density at radius 2 is 2.04 bits per heavy atom. The molecule has 1 amide bonds. The minimum absolute atomic E-state index is 0.259. The van der Waals surface area contributed by atoms with E-state index in [2.05, 4.69) is 30.0 Å². The smallest absolute Gasteiger partial charge is 0.411 e. The zero-order valence-corrected chi connectivity index (χ0v) is 14.2. The lowest BCUT2D eigenvalue weighted by Crippen LogP contribution is -2.13. The molecule has 0 atom stereocenters. The summed E-state index contributed by atoms with van der Waals surface area (Å²) in [6, 6.07) is 11.4. The van der Waals surface area contributed by atoms with Gasteiger partial charge in [-0.3, -0.25) is 5.32 Å². The van der Waals surface area contributed by atoms with E-state index < -0.39 is 6.09 Å².